The lowest BCUT2D eigenvalue weighted by Gasteiger charge is -2.25. The Bertz CT molecular complexity index is 423. The fourth-order valence-electron chi connectivity index (χ4n) is 3.16. The first-order valence-electron chi connectivity index (χ1n) is 6.57. The Morgan fingerprint density at radius 3 is 1.88 bits per heavy atom. The molecule has 1 saturated carbocycles. The summed E-state index contributed by atoms with van der Waals surface area (Å²) in [7, 11) is 4.39. The highest BCUT2D eigenvalue weighted by molar-refractivity contribution is 5.82. The number of hydrogen-bond donors (Lipinski definition) is 0. The van der Waals surface area contributed by atoms with Gasteiger partial charge < -0.3 is 9.80 Å². The van der Waals surface area contributed by atoms with Gasteiger partial charge in [0.2, 0.25) is 0 Å². The zero-order valence-corrected chi connectivity index (χ0v) is 10.7. The summed E-state index contributed by atoms with van der Waals surface area (Å²) in [5.74, 6) is 1.42. The summed E-state index contributed by atoms with van der Waals surface area (Å²) >= 11 is 0. The molecule has 1 aromatic rings. The SMILES string of the molecule is CN1C(=C2CCCCC2)N(C)c2ccccc21. The van der Waals surface area contributed by atoms with Crippen molar-refractivity contribution in [1.82, 2.24) is 0 Å². The second kappa shape index (κ2) is 4.10. The van der Waals surface area contributed by atoms with Crippen LogP contribution >= 0.6 is 0 Å². The monoisotopic (exact) mass is 228 g/mol. The van der Waals surface area contributed by atoms with Gasteiger partial charge in [-0.1, -0.05) is 18.6 Å². The zero-order chi connectivity index (χ0) is 11.8. The van der Waals surface area contributed by atoms with Gasteiger partial charge in [-0.15, -0.1) is 0 Å². The maximum Gasteiger partial charge on any atom is 0.112 e. The number of rotatable bonds is 0. The molecule has 1 fully saturated rings. The molecular weight excluding hydrogens is 208 g/mol. The Hall–Kier alpha value is -1.44. The lowest BCUT2D eigenvalue weighted by molar-refractivity contribution is 0.589. The maximum atomic E-state index is 2.36. The van der Waals surface area contributed by atoms with Crippen molar-refractivity contribution in [2.75, 3.05) is 23.9 Å². The second-order valence-corrected chi connectivity index (χ2v) is 5.09. The van der Waals surface area contributed by atoms with E-state index in [9.17, 15) is 0 Å². The van der Waals surface area contributed by atoms with E-state index in [1.807, 2.05) is 0 Å². The first-order valence-corrected chi connectivity index (χ1v) is 6.57. The van der Waals surface area contributed by atoms with Crippen molar-refractivity contribution in [2.24, 2.45) is 0 Å². The third kappa shape index (κ3) is 1.63. The highest BCUT2D eigenvalue weighted by Gasteiger charge is 2.28. The summed E-state index contributed by atoms with van der Waals surface area (Å²) in [6.45, 7) is 0. The number of allylic oxidation sites excluding steroid dienone is 1. The van der Waals surface area contributed by atoms with Crippen molar-refractivity contribution >= 4 is 11.4 Å². The largest absolute Gasteiger partial charge is 0.329 e. The van der Waals surface area contributed by atoms with Gasteiger partial charge in [-0.3, -0.25) is 0 Å². The summed E-state index contributed by atoms with van der Waals surface area (Å²) < 4.78 is 0. The molecule has 2 heteroatoms. The van der Waals surface area contributed by atoms with Crippen LogP contribution in [0.2, 0.25) is 0 Å². The van der Waals surface area contributed by atoms with E-state index in [0.29, 0.717) is 0 Å². The Labute approximate surface area is 104 Å². The van der Waals surface area contributed by atoms with Crippen LogP contribution in [0.15, 0.2) is 35.7 Å². The topological polar surface area (TPSA) is 6.48 Å². The molecule has 1 aliphatic heterocycles. The molecule has 2 aliphatic rings. The Kier molecular flexibility index (Phi) is 2.58. The molecular formula is C15H20N2. The summed E-state index contributed by atoms with van der Waals surface area (Å²) in [4.78, 5) is 4.71. The first kappa shape index (κ1) is 10.7. The van der Waals surface area contributed by atoms with Crippen LogP contribution < -0.4 is 9.80 Å². The molecule has 17 heavy (non-hydrogen) atoms. The number of fused-ring (bicyclic) bond motifs is 1. The van der Waals surface area contributed by atoms with Crippen LogP contribution in [-0.2, 0) is 0 Å². The van der Waals surface area contributed by atoms with Gasteiger partial charge in [0.15, 0.2) is 0 Å². The molecule has 0 spiro atoms. The van der Waals surface area contributed by atoms with Gasteiger partial charge in [0.1, 0.15) is 5.82 Å². The summed E-state index contributed by atoms with van der Waals surface area (Å²) in [6.07, 6.45) is 6.67. The van der Waals surface area contributed by atoms with E-state index in [1.165, 1.54) is 49.3 Å². The summed E-state index contributed by atoms with van der Waals surface area (Å²) in [5.41, 5.74) is 4.31. The van der Waals surface area contributed by atoms with Crippen LogP contribution in [0.4, 0.5) is 11.4 Å². The number of anilines is 2. The third-order valence-corrected chi connectivity index (χ3v) is 4.01. The molecule has 0 amide bonds. The van der Waals surface area contributed by atoms with Crippen molar-refractivity contribution in [1.29, 1.82) is 0 Å². The molecule has 0 radical (unpaired) electrons. The molecule has 1 aromatic carbocycles. The van der Waals surface area contributed by atoms with Gasteiger partial charge in [-0.2, -0.15) is 0 Å². The standard InChI is InChI=1S/C15H20N2/c1-16-13-10-6-7-11-14(13)17(2)15(16)12-8-4-3-5-9-12/h6-7,10-11H,3-5,8-9H2,1-2H3. The molecule has 3 rings (SSSR count). The molecule has 0 atom stereocenters. The molecule has 0 aromatic heterocycles. The average Bonchev–Trinajstić information content (AvgIpc) is 2.64. The van der Waals surface area contributed by atoms with E-state index in [-0.39, 0.29) is 0 Å². The van der Waals surface area contributed by atoms with Gasteiger partial charge in [0.25, 0.3) is 0 Å². The van der Waals surface area contributed by atoms with Gasteiger partial charge in [0, 0.05) is 14.1 Å². The predicted octanol–water partition coefficient (Wildman–Crippen LogP) is 3.75. The van der Waals surface area contributed by atoms with Gasteiger partial charge in [-0.05, 0) is 43.4 Å². The molecule has 1 aliphatic carbocycles. The van der Waals surface area contributed by atoms with Crippen LogP contribution in [-0.4, -0.2) is 14.1 Å². The Balaban J connectivity index is 2.05. The van der Waals surface area contributed by atoms with Crippen LogP contribution in [0.25, 0.3) is 0 Å². The predicted molar refractivity (Wildman–Crippen MR) is 73.4 cm³/mol. The van der Waals surface area contributed by atoms with Gasteiger partial charge in [0.05, 0.1) is 11.4 Å². The molecule has 90 valence electrons. The van der Waals surface area contributed by atoms with Crippen LogP contribution in [0, 0.1) is 0 Å². The van der Waals surface area contributed by atoms with E-state index in [2.05, 4.69) is 48.2 Å². The highest BCUT2D eigenvalue weighted by atomic mass is 15.4. The fourth-order valence-corrected chi connectivity index (χ4v) is 3.16. The second-order valence-electron chi connectivity index (χ2n) is 5.09. The fraction of sp³-hybridized carbons (Fsp3) is 0.467. The van der Waals surface area contributed by atoms with Gasteiger partial charge >= 0.3 is 0 Å². The minimum Gasteiger partial charge on any atom is -0.329 e. The molecule has 2 nitrogen and oxygen atoms in total. The minimum atomic E-state index is 1.28. The third-order valence-electron chi connectivity index (χ3n) is 4.01. The Morgan fingerprint density at radius 1 is 0.824 bits per heavy atom. The quantitative estimate of drug-likeness (QED) is 0.667. The highest BCUT2D eigenvalue weighted by Crippen LogP contribution is 2.42. The lowest BCUT2D eigenvalue weighted by atomic mass is 9.94. The minimum absolute atomic E-state index is 1.28. The molecule has 0 saturated heterocycles. The van der Waals surface area contributed by atoms with Crippen molar-refractivity contribution in [3.63, 3.8) is 0 Å². The smallest absolute Gasteiger partial charge is 0.112 e. The van der Waals surface area contributed by atoms with Crippen molar-refractivity contribution in [3.05, 3.63) is 35.7 Å². The molecule has 0 unspecified atom stereocenters. The van der Waals surface area contributed by atoms with E-state index < -0.39 is 0 Å². The number of nitrogens with zero attached hydrogens (tertiary/aromatic N) is 2. The number of para-hydroxylation sites is 2. The molecule has 1 heterocycles. The van der Waals surface area contributed by atoms with Crippen LogP contribution in [0.1, 0.15) is 32.1 Å². The number of hydrogen-bond acceptors (Lipinski definition) is 2. The number of benzene rings is 1. The van der Waals surface area contributed by atoms with Crippen molar-refractivity contribution in [2.45, 2.75) is 32.1 Å². The molecule has 0 bridgehead atoms. The van der Waals surface area contributed by atoms with Crippen LogP contribution in [0.5, 0.6) is 0 Å². The zero-order valence-electron chi connectivity index (χ0n) is 10.7. The van der Waals surface area contributed by atoms with E-state index in [0.717, 1.165) is 0 Å². The lowest BCUT2D eigenvalue weighted by Crippen LogP contribution is -2.24. The van der Waals surface area contributed by atoms with Crippen molar-refractivity contribution < 1.29 is 0 Å². The summed E-state index contributed by atoms with van der Waals surface area (Å²) in [6, 6.07) is 8.67. The first-order chi connectivity index (χ1) is 8.29. The molecule has 0 N–H and O–H groups in total. The Morgan fingerprint density at radius 2 is 1.35 bits per heavy atom. The van der Waals surface area contributed by atoms with E-state index in [4.69, 9.17) is 0 Å². The average molecular weight is 228 g/mol. The van der Waals surface area contributed by atoms with Crippen molar-refractivity contribution in [3.8, 4) is 0 Å². The maximum absolute atomic E-state index is 2.36. The van der Waals surface area contributed by atoms with E-state index in [1.54, 1.807) is 5.57 Å². The van der Waals surface area contributed by atoms with E-state index >= 15 is 0 Å². The van der Waals surface area contributed by atoms with Crippen LogP contribution in [0.3, 0.4) is 0 Å². The van der Waals surface area contributed by atoms with Gasteiger partial charge in [-0.25, -0.2) is 0 Å². The normalized spacial score (nSPS) is 19.9. The summed E-state index contributed by atoms with van der Waals surface area (Å²) in [5, 5.41) is 0.